The second kappa shape index (κ2) is 5.55. The lowest BCUT2D eigenvalue weighted by molar-refractivity contribution is 0.570. The SMILES string of the molecule is Cc1ccccc1C(C)NCc1cncnc1. The number of nitrogens with zero attached hydrogens (tertiary/aromatic N) is 2. The molecule has 0 radical (unpaired) electrons. The van der Waals surface area contributed by atoms with Crippen LogP contribution in [0.2, 0.25) is 0 Å². The van der Waals surface area contributed by atoms with Crippen molar-refractivity contribution in [3.63, 3.8) is 0 Å². The fourth-order valence-electron chi connectivity index (χ4n) is 1.87. The molecule has 1 aromatic carbocycles. The van der Waals surface area contributed by atoms with Crippen LogP contribution in [0.3, 0.4) is 0 Å². The molecule has 0 saturated carbocycles. The third kappa shape index (κ3) is 3.11. The quantitative estimate of drug-likeness (QED) is 0.872. The maximum absolute atomic E-state index is 4.00. The lowest BCUT2D eigenvalue weighted by Crippen LogP contribution is -2.19. The molecule has 1 unspecified atom stereocenters. The molecule has 3 heteroatoms. The molecule has 0 aliphatic heterocycles. The van der Waals surface area contributed by atoms with Crippen molar-refractivity contribution in [1.29, 1.82) is 0 Å². The Labute approximate surface area is 102 Å². The zero-order chi connectivity index (χ0) is 12.1. The van der Waals surface area contributed by atoms with Gasteiger partial charge in [-0.1, -0.05) is 24.3 Å². The lowest BCUT2D eigenvalue weighted by atomic mass is 10.0. The van der Waals surface area contributed by atoms with E-state index < -0.39 is 0 Å². The zero-order valence-corrected chi connectivity index (χ0v) is 10.2. The maximum atomic E-state index is 4.00. The van der Waals surface area contributed by atoms with Gasteiger partial charge in [0.2, 0.25) is 0 Å². The molecular weight excluding hydrogens is 210 g/mol. The van der Waals surface area contributed by atoms with Gasteiger partial charge in [-0.25, -0.2) is 9.97 Å². The van der Waals surface area contributed by atoms with Crippen molar-refractivity contribution in [3.8, 4) is 0 Å². The molecule has 0 aliphatic carbocycles. The molecule has 0 bridgehead atoms. The molecule has 0 aliphatic rings. The van der Waals surface area contributed by atoms with Gasteiger partial charge in [0.25, 0.3) is 0 Å². The van der Waals surface area contributed by atoms with Gasteiger partial charge in [-0.05, 0) is 25.0 Å². The fraction of sp³-hybridized carbons (Fsp3) is 0.286. The third-order valence-electron chi connectivity index (χ3n) is 2.88. The highest BCUT2D eigenvalue weighted by Crippen LogP contribution is 2.16. The predicted octanol–water partition coefficient (Wildman–Crippen LogP) is 2.64. The van der Waals surface area contributed by atoms with Gasteiger partial charge in [-0.3, -0.25) is 0 Å². The van der Waals surface area contributed by atoms with E-state index in [9.17, 15) is 0 Å². The highest BCUT2D eigenvalue weighted by molar-refractivity contribution is 5.28. The second-order valence-electron chi connectivity index (χ2n) is 4.21. The lowest BCUT2D eigenvalue weighted by Gasteiger charge is -2.16. The first-order valence-electron chi connectivity index (χ1n) is 5.80. The van der Waals surface area contributed by atoms with E-state index in [-0.39, 0.29) is 0 Å². The van der Waals surface area contributed by atoms with Gasteiger partial charge in [-0.2, -0.15) is 0 Å². The summed E-state index contributed by atoms with van der Waals surface area (Å²) < 4.78 is 0. The van der Waals surface area contributed by atoms with E-state index in [4.69, 9.17) is 0 Å². The van der Waals surface area contributed by atoms with Crippen molar-refractivity contribution in [2.24, 2.45) is 0 Å². The van der Waals surface area contributed by atoms with E-state index >= 15 is 0 Å². The van der Waals surface area contributed by atoms with Gasteiger partial charge in [0.05, 0.1) is 0 Å². The molecule has 2 aromatic rings. The molecule has 0 fully saturated rings. The Morgan fingerprint density at radius 1 is 1.18 bits per heavy atom. The number of hydrogen-bond donors (Lipinski definition) is 1. The van der Waals surface area contributed by atoms with Crippen LogP contribution in [0.5, 0.6) is 0 Å². The first-order chi connectivity index (χ1) is 8.27. The molecule has 1 atom stereocenters. The van der Waals surface area contributed by atoms with E-state index in [1.54, 1.807) is 6.33 Å². The Kier molecular flexibility index (Phi) is 3.83. The summed E-state index contributed by atoms with van der Waals surface area (Å²) in [6, 6.07) is 8.77. The minimum absolute atomic E-state index is 0.330. The first kappa shape index (κ1) is 11.7. The Morgan fingerprint density at radius 3 is 2.59 bits per heavy atom. The van der Waals surface area contributed by atoms with E-state index in [2.05, 4.69) is 53.4 Å². The standard InChI is InChI=1S/C14H17N3/c1-11-5-3-4-6-14(11)12(2)17-9-13-7-15-10-16-8-13/h3-8,10,12,17H,9H2,1-2H3. The third-order valence-corrected chi connectivity index (χ3v) is 2.88. The minimum Gasteiger partial charge on any atom is -0.306 e. The summed E-state index contributed by atoms with van der Waals surface area (Å²) in [4.78, 5) is 8.00. The molecule has 3 nitrogen and oxygen atoms in total. The van der Waals surface area contributed by atoms with Crippen LogP contribution >= 0.6 is 0 Å². The van der Waals surface area contributed by atoms with Crippen molar-refractivity contribution >= 4 is 0 Å². The molecule has 2 rings (SSSR count). The van der Waals surface area contributed by atoms with E-state index in [0.29, 0.717) is 6.04 Å². The number of nitrogens with one attached hydrogen (secondary N) is 1. The van der Waals surface area contributed by atoms with Crippen LogP contribution in [-0.4, -0.2) is 9.97 Å². The van der Waals surface area contributed by atoms with Crippen LogP contribution in [0.1, 0.15) is 29.7 Å². The van der Waals surface area contributed by atoms with Crippen molar-refractivity contribution in [3.05, 3.63) is 59.7 Å². The van der Waals surface area contributed by atoms with Crippen molar-refractivity contribution in [2.75, 3.05) is 0 Å². The molecule has 17 heavy (non-hydrogen) atoms. The Bertz CT molecular complexity index is 468. The number of aryl methyl sites for hydroxylation is 1. The van der Waals surface area contributed by atoms with E-state index in [1.807, 2.05) is 12.4 Å². The molecule has 0 saturated heterocycles. The van der Waals surface area contributed by atoms with Crippen LogP contribution in [0.4, 0.5) is 0 Å². The number of aromatic nitrogens is 2. The Balaban J connectivity index is 1.99. The number of hydrogen-bond acceptors (Lipinski definition) is 3. The number of benzene rings is 1. The summed E-state index contributed by atoms with van der Waals surface area (Å²) in [5.41, 5.74) is 3.76. The molecule has 1 N–H and O–H groups in total. The van der Waals surface area contributed by atoms with E-state index in [1.165, 1.54) is 11.1 Å². The summed E-state index contributed by atoms with van der Waals surface area (Å²) in [5.74, 6) is 0. The summed E-state index contributed by atoms with van der Waals surface area (Å²) >= 11 is 0. The molecular formula is C14H17N3. The average molecular weight is 227 g/mol. The van der Waals surface area contributed by atoms with Crippen LogP contribution in [-0.2, 0) is 6.54 Å². The zero-order valence-electron chi connectivity index (χ0n) is 10.2. The van der Waals surface area contributed by atoms with Gasteiger partial charge in [0.15, 0.2) is 0 Å². The summed E-state index contributed by atoms with van der Waals surface area (Å²) in [7, 11) is 0. The monoisotopic (exact) mass is 227 g/mol. The second-order valence-corrected chi connectivity index (χ2v) is 4.21. The largest absolute Gasteiger partial charge is 0.306 e. The van der Waals surface area contributed by atoms with Crippen molar-refractivity contribution in [1.82, 2.24) is 15.3 Å². The average Bonchev–Trinajstić information content (AvgIpc) is 2.38. The molecule has 0 spiro atoms. The molecule has 88 valence electrons. The minimum atomic E-state index is 0.330. The molecule has 0 amide bonds. The molecule has 1 aromatic heterocycles. The smallest absolute Gasteiger partial charge is 0.115 e. The van der Waals surface area contributed by atoms with Gasteiger partial charge in [0.1, 0.15) is 6.33 Å². The van der Waals surface area contributed by atoms with Gasteiger partial charge < -0.3 is 5.32 Å². The Hall–Kier alpha value is -1.74. The van der Waals surface area contributed by atoms with Crippen molar-refractivity contribution in [2.45, 2.75) is 26.4 Å². The van der Waals surface area contributed by atoms with Crippen LogP contribution in [0, 0.1) is 6.92 Å². The topological polar surface area (TPSA) is 37.8 Å². The van der Waals surface area contributed by atoms with Gasteiger partial charge in [-0.15, -0.1) is 0 Å². The predicted molar refractivity (Wildman–Crippen MR) is 68.5 cm³/mol. The van der Waals surface area contributed by atoms with Crippen LogP contribution in [0.15, 0.2) is 43.0 Å². The highest BCUT2D eigenvalue weighted by atomic mass is 14.9. The summed E-state index contributed by atoms with van der Waals surface area (Å²) in [6.07, 6.45) is 5.23. The van der Waals surface area contributed by atoms with Crippen LogP contribution in [0.25, 0.3) is 0 Å². The van der Waals surface area contributed by atoms with Gasteiger partial charge >= 0.3 is 0 Å². The van der Waals surface area contributed by atoms with Crippen LogP contribution < -0.4 is 5.32 Å². The summed E-state index contributed by atoms with van der Waals surface area (Å²) in [6.45, 7) is 5.10. The number of rotatable bonds is 4. The summed E-state index contributed by atoms with van der Waals surface area (Å²) in [5, 5.41) is 3.48. The molecule has 1 heterocycles. The normalized spacial score (nSPS) is 12.4. The Morgan fingerprint density at radius 2 is 1.88 bits per heavy atom. The van der Waals surface area contributed by atoms with Gasteiger partial charge in [0, 0.05) is 30.5 Å². The fourth-order valence-corrected chi connectivity index (χ4v) is 1.87. The van der Waals surface area contributed by atoms with E-state index in [0.717, 1.165) is 12.1 Å². The highest BCUT2D eigenvalue weighted by Gasteiger charge is 2.06. The first-order valence-corrected chi connectivity index (χ1v) is 5.80. The maximum Gasteiger partial charge on any atom is 0.115 e. The van der Waals surface area contributed by atoms with Crippen molar-refractivity contribution < 1.29 is 0 Å².